The molecular formula is C12H22N4S. The topological polar surface area (TPSA) is 54.5 Å². The molecule has 0 aliphatic rings. The number of hydrogen-bond acceptors (Lipinski definition) is 3. The second-order valence-corrected chi connectivity index (χ2v) is 5.35. The molecule has 96 valence electrons. The predicted molar refractivity (Wildman–Crippen MR) is 74.7 cm³/mol. The van der Waals surface area contributed by atoms with Gasteiger partial charge in [-0.3, -0.25) is 4.99 Å². The van der Waals surface area contributed by atoms with Crippen LogP contribution in [0.4, 0.5) is 0 Å². The molecule has 0 bridgehead atoms. The molecule has 0 aromatic carbocycles. The van der Waals surface area contributed by atoms with Gasteiger partial charge in [-0.25, -0.2) is 4.98 Å². The molecule has 5 heteroatoms. The van der Waals surface area contributed by atoms with Gasteiger partial charge in [0.15, 0.2) is 5.96 Å². The van der Waals surface area contributed by atoms with Gasteiger partial charge in [0.2, 0.25) is 0 Å². The number of nitrogens with two attached hydrogens (primary N) is 1. The maximum atomic E-state index is 5.93. The molecule has 0 aliphatic carbocycles. The highest BCUT2D eigenvalue weighted by Gasteiger charge is 2.10. The molecule has 0 saturated carbocycles. The summed E-state index contributed by atoms with van der Waals surface area (Å²) in [5, 5.41) is 1.14. The largest absolute Gasteiger partial charge is 0.370 e. The number of aromatic nitrogens is 1. The Morgan fingerprint density at radius 1 is 1.53 bits per heavy atom. The van der Waals surface area contributed by atoms with Gasteiger partial charge in [0, 0.05) is 30.1 Å². The number of thiazole rings is 1. The van der Waals surface area contributed by atoms with Crippen LogP contribution in [0.5, 0.6) is 0 Å². The van der Waals surface area contributed by atoms with Crippen molar-refractivity contribution in [1.29, 1.82) is 0 Å². The van der Waals surface area contributed by atoms with Crippen LogP contribution in [0.15, 0.2) is 11.2 Å². The summed E-state index contributed by atoms with van der Waals surface area (Å²) in [6.07, 6.45) is 1.91. The molecule has 0 fully saturated rings. The summed E-state index contributed by atoms with van der Waals surface area (Å²) in [5.74, 6) is 0.970. The molecule has 1 aromatic heterocycles. The summed E-state index contributed by atoms with van der Waals surface area (Å²) >= 11 is 1.73. The van der Waals surface area contributed by atoms with E-state index >= 15 is 0 Å². The Hall–Kier alpha value is -1.10. The zero-order valence-electron chi connectivity index (χ0n) is 11.1. The van der Waals surface area contributed by atoms with Crippen LogP contribution < -0.4 is 5.73 Å². The van der Waals surface area contributed by atoms with Gasteiger partial charge in [0.05, 0.1) is 11.6 Å². The molecule has 1 heterocycles. The van der Waals surface area contributed by atoms with Crippen LogP contribution in [0, 0.1) is 6.92 Å². The second kappa shape index (κ2) is 6.59. The summed E-state index contributed by atoms with van der Waals surface area (Å²) in [6.45, 7) is 10.9. The van der Waals surface area contributed by atoms with Crippen molar-refractivity contribution in [3.8, 4) is 0 Å². The maximum absolute atomic E-state index is 5.93. The van der Waals surface area contributed by atoms with Gasteiger partial charge < -0.3 is 10.6 Å². The monoisotopic (exact) mass is 254 g/mol. The van der Waals surface area contributed by atoms with E-state index in [0.29, 0.717) is 18.4 Å². The molecule has 2 N–H and O–H groups in total. The van der Waals surface area contributed by atoms with Crippen LogP contribution in [0.1, 0.15) is 36.6 Å². The smallest absolute Gasteiger partial charge is 0.191 e. The fourth-order valence-electron chi connectivity index (χ4n) is 1.56. The van der Waals surface area contributed by atoms with Crippen molar-refractivity contribution in [3.63, 3.8) is 0 Å². The summed E-state index contributed by atoms with van der Waals surface area (Å²) < 4.78 is 0. The van der Waals surface area contributed by atoms with Crippen molar-refractivity contribution in [2.45, 2.75) is 33.6 Å². The lowest BCUT2D eigenvalue weighted by Gasteiger charge is -2.19. The van der Waals surface area contributed by atoms with Gasteiger partial charge in [-0.15, -0.1) is 11.3 Å². The maximum Gasteiger partial charge on any atom is 0.191 e. The van der Waals surface area contributed by atoms with E-state index in [2.05, 4.69) is 42.6 Å². The Labute approximate surface area is 108 Å². The first kappa shape index (κ1) is 14.0. The van der Waals surface area contributed by atoms with E-state index < -0.39 is 0 Å². The van der Waals surface area contributed by atoms with Gasteiger partial charge in [-0.05, 0) is 20.8 Å². The minimum absolute atomic E-state index is 0.336. The van der Waals surface area contributed by atoms with E-state index in [-0.39, 0.29) is 0 Å². The number of aliphatic imine (C=N–C) groups is 1. The van der Waals surface area contributed by atoms with Gasteiger partial charge >= 0.3 is 0 Å². The van der Waals surface area contributed by atoms with Crippen molar-refractivity contribution < 1.29 is 0 Å². The SMILES string of the molecule is CCN(CC)C(N)=NCC(C)c1ncc(C)s1. The van der Waals surface area contributed by atoms with Crippen molar-refractivity contribution >= 4 is 17.3 Å². The lowest BCUT2D eigenvalue weighted by molar-refractivity contribution is 0.457. The molecule has 0 radical (unpaired) electrons. The van der Waals surface area contributed by atoms with E-state index in [0.717, 1.165) is 18.1 Å². The Morgan fingerprint density at radius 2 is 2.18 bits per heavy atom. The molecule has 0 aliphatic heterocycles. The first-order valence-corrected chi connectivity index (χ1v) is 6.87. The minimum atomic E-state index is 0.336. The standard InChI is InChI=1S/C12H22N4S/c1-5-16(6-2)12(13)15-7-9(3)11-14-8-10(4)17-11/h8-9H,5-7H2,1-4H3,(H2,13,15). The molecular weight excluding hydrogens is 232 g/mol. The van der Waals surface area contributed by atoms with Gasteiger partial charge in [-0.2, -0.15) is 0 Å². The summed E-state index contributed by atoms with van der Waals surface area (Å²) in [6, 6.07) is 0. The molecule has 1 unspecified atom stereocenters. The predicted octanol–water partition coefficient (Wildman–Crippen LogP) is 2.21. The highest BCUT2D eigenvalue weighted by molar-refractivity contribution is 7.11. The van der Waals surface area contributed by atoms with Gasteiger partial charge in [0.1, 0.15) is 0 Å². The third-order valence-corrected chi connectivity index (χ3v) is 3.82. The Balaban J connectivity index is 2.57. The third-order valence-electron chi connectivity index (χ3n) is 2.68. The Kier molecular flexibility index (Phi) is 5.41. The van der Waals surface area contributed by atoms with Crippen LogP contribution in [0.3, 0.4) is 0 Å². The quantitative estimate of drug-likeness (QED) is 0.647. The molecule has 17 heavy (non-hydrogen) atoms. The summed E-state index contributed by atoms with van der Waals surface area (Å²) in [5.41, 5.74) is 5.93. The van der Waals surface area contributed by atoms with E-state index in [4.69, 9.17) is 5.73 Å². The highest BCUT2D eigenvalue weighted by Crippen LogP contribution is 2.21. The van der Waals surface area contributed by atoms with Crippen LogP contribution in [-0.2, 0) is 0 Å². The molecule has 0 amide bonds. The third kappa shape index (κ3) is 4.00. The number of aryl methyl sites for hydroxylation is 1. The fourth-order valence-corrected chi connectivity index (χ4v) is 2.37. The Morgan fingerprint density at radius 3 is 2.65 bits per heavy atom. The molecule has 0 saturated heterocycles. The van der Waals surface area contributed by atoms with Gasteiger partial charge in [0.25, 0.3) is 0 Å². The van der Waals surface area contributed by atoms with Crippen LogP contribution in [-0.4, -0.2) is 35.5 Å². The van der Waals surface area contributed by atoms with Crippen LogP contribution in [0.2, 0.25) is 0 Å². The Bertz CT molecular complexity index is 368. The summed E-state index contributed by atoms with van der Waals surface area (Å²) in [4.78, 5) is 12.1. The van der Waals surface area contributed by atoms with Crippen molar-refractivity contribution in [2.75, 3.05) is 19.6 Å². The fraction of sp³-hybridized carbons (Fsp3) is 0.667. The number of guanidine groups is 1. The second-order valence-electron chi connectivity index (χ2n) is 4.08. The highest BCUT2D eigenvalue weighted by atomic mass is 32.1. The number of nitrogens with zero attached hydrogens (tertiary/aromatic N) is 3. The van der Waals surface area contributed by atoms with Crippen molar-refractivity contribution in [1.82, 2.24) is 9.88 Å². The lowest BCUT2D eigenvalue weighted by atomic mass is 10.2. The zero-order valence-corrected chi connectivity index (χ0v) is 11.9. The van der Waals surface area contributed by atoms with Crippen LogP contribution in [0.25, 0.3) is 0 Å². The first-order chi connectivity index (χ1) is 8.08. The zero-order chi connectivity index (χ0) is 12.8. The van der Waals surface area contributed by atoms with E-state index in [1.54, 1.807) is 11.3 Å². The lowest BCUT2D eigenvalue weighted by Crippen LogP contribution is -2.37. The average molecular weight is 254 g/mol. The number of hydrogen-bond donors (Lipinski definition) is 1. The van der Waals surface area contributed by atoms with E-state index in [9.17, 15) is 0 Å². The minimum Gasteiger partial charge on any atom is -0.370 e. The molecule has 1 aromatic rings. The van der Waals surface area contributed by atoms with E-state index in [1.807, 2.05) is 6.20 Å². The molecule has 4 nitrogen and oxygen atoms in total. The van der Waals surface area contributed by atoms with Gasteiger partial charge in [-0.1, -0.05) is 6.92 Å². The number of rotatable bonds is 5. The first-order valence-electron chi connectivity index (χ1n) is 6.05. The van der Waals surface area contributed by atoms with Crippen molar-refractivity contribution in [3.05, 3.63) is 16.1 Å². The van der Waals surface area contributed by atoms with Crippen LogP contribution >= 0.6 is 11.3 Å². The molecule has 0 spiro atoms. The molecule has 1 atom stereocenters. The van der Waals surface area contributed by atoms with Crippen molar-refractivity contribution in [2.24, 2.45) is 10.7 Å². The molecule has 1 rings (SSSR count). The normalized spacial score (nSPS) is 13.8. The van der Waals surface area contributed by atoms with E-state index in [1.165, 1.54) is 4.88 Å². The summed E-state index contributed by atoms with van der Waals surface area (Å²) in [7, 11) is 0. The average Bonchev–Trinajstić information content (AvgIpc) is 2.74.